The molecule has 0 aliphatic carbocycles. The van der Waals surface area contributed by atoms with Crippen LogP contribution in [-0.4, -0.2) is 33.2 Å². The van der Waals surface area contributed by atoms with Crippen molar-refractivity contribution in [2.45, 2.75) is 25.4 Å². The van der Waals surface area contributed by atoms with E-state index >= 15 is 0 Å². The van der Waals surface area contributed by atoms with Crippen molar-refractivity contribution in [1.82, 2.24) is 0 Å². The van der Waals surface area contributed by atoms with E-state index in [4.69, 9.17) is 0 Å². The molecule has 0 bridgehead atoms. The van der Waals surface area contributed by atoms with Gasteiger partial charge in [-0.05, 0) is 12.1 Å². The first-order valence-electron chi connectivity index (χ1n) is 6.53. The summed E-state index contributed by atoms with van der Waals surface area (Å²) in [6.45, 7) is 3.47. The lowest BCUT2D eigenvalue weighted by Gasteiger charge is -2.30. The highest BCUT2D eigenvalue weighted by molar-refractivity contribution is 5.14. The predicted octanol–water partition coefficient (Wildman–Crippen LogP) is -0.482. The van der Waals surface area contributed by atoms with Crippen molar-refractivity contribution in [2.24, 2.45) is 0 Å². The number of benzene rings is 1. The predicted molar refractivity (Wildman–Crippen MR) is 66.6 cm³/mol. The second-order valence-electron chi connectivity index (χ2n) is 5.38. The summed E-state index contributed by atoms with van der Waals surface area (Å²) < 4.78 is 13.1. The highest BCUT2D eigenvalue weighted by Crippen LogP contribution is 2.02. The number of rotatable bonds is 3. The zero-order valence-electron chi connectivity index (χ0n) is 10.8. The van der Waals surface area contributed by atoms with Crippen molar-refractivity contribution in [3.05, 3.63) is 35.6 Å². The minimum Gasteiger partial charge on any atom is -0.337 e. The first-order chi connectivity index (χ1) is 8.15. The van der Waals surface area contributed by atoms with E-state index in [1.54, 1.807) is 17.0 Å². The van der Waals surface area contributed by atoms with Gasteiger partial charge in [-0.1, -0.05) is 12.1 Å². The van der Waals surface area contributed by atoms with Crippen LogP contribution in [0.3, 0.4) is 0 Å². The van der Waals surface area contributed by atoms with Gasteiger partial charge in [0.15, 0.2) is 0 Å². The van der Waals surface area contributed by atoms with Crippen LogP contribution in [0.5, 0.6) is 0 Å². The molecule has 0 aromatic heterocycles. The van der Waals surface area contributed by atoms with Crippen molar-refractivity contribution in [1.29, 1.82) is 0 Å². The number of hydrogen-bond donors (Lipinski definition) is 2. The monoisotopic (exact) mass is 238 g/mol. The fourth-order valence-corrected chi connectivity index (χ4v) is 2.72. The van der Waals surface area contributed by atoms with Crippen LogP contribution in [0.1, 0.15) is 18.4 Å². The molecule has 1 atom stereocenters. The van der Waals surface area contributed by atoms with Gasteiger partial charge in [0, 0.05) is 18.4 Å². The molecule has 1 aromatic rings. The van der Waals surface area contributed by atoms with Gasteiger partial charge >= 0.3 is 0 Å². The standard InChI is InChI=1S/C14H21FN2/c1-16-8-6-14(7-9-16)17(2)11-12-4-3-5-13(15)10-12/h3-5,10,14H,6-9,11H2,1-2H3/p+2. The van der Waals surface area contributed by atoms with Gasteiger partial charge in [-0.15, -0.1) is 0 Å². The van der Waals surface area contributed by atoms with Gasteiger partial charge in [-0.25, -0.2) is 4.39 Å². The second kappa shape index (κ2) is 5.61. The maximum absolute atomic E-state index is 13.1. The van der Waals surface area contributed by atoms with Crippen LogP contribution in [0.2, 0.25) is 0 Å². The van der Waals surface area contributed by atoms with Crippen LogP contribution in [0.25, 0.3) is 0 Å². The molecule has 2 N–H and O–H groups in total. The van der Waals surface area contributed by atoms with Gasteiger partial charge in [-0.3, -0.25) is 0 Å². The zero-order valence-corrected chi connectivity index (χ0v) is 10.8. The summed E-state index contributed by atoms with van der Waals surface area (Å²) in [5.41, 5.74) is 1.11. The molecular formula is C14H23FN2+2. The summed E-state index contributed by atoms with van der Waals surface area (Å²) in [6.07, 6.45) is 2.57. The number of piperidine rings is 1. The third-order valence-electron chi connectivity index (χ3n) is 3.91. The molecule has 1 aliphatic heterocycles. The van der Waals surface area contributed by atoms with Gasteiger partial charge < -0.3 is 9.80 Å². The lowest BCUT2D eigenvalue weighted by Crippen LogP contribution is -3.17. The molecule has 94 valence electrons. The summed E-state index contributed by atoms with van der Waals surface area (Å²) in [6, 6.07) is 7.73. The normalized spacial score (nSPS) is 26.8. The summed E-state index contributed by atoms with van der Waals surface area (Å²) in [5.74, 6) is -0.122. The number of quaternary nitrogens is 2. The first kappa shape index (κ1) is 12.5. The average molecular weight is 238 g/mol. The molecule has 0 radical (unpaired) electrons. The Morgan fingerprint density at radius 1 is 1.35 bits per heavy atom. The maximum atomic E-state index is 13.1. The van der Waals surface area contributed by atoms with Crippen LogP contribution in [-0.2, 0) is 6.54 Å². The van der Waals surface area contributed by atoms with Crippen LogP contribution in [0, 0.1) is 5.82 Å². The SMILES string of the molecule is C[NH+]1CCC([NH+](C)Cc2cccc(F)c2)CC1. The first-order valence-corrected chi connectivity index (χ1v) is 6.53. The van der Waals surface area contributed by atoms with Gasteiger partial charge in [0.2, 0.25) is 0 Å². The Balaban J connectivity index is 1.90. The Kier molecular flexibility index (Phi) is 4.13. The topological polar surface area (TPSA) is 8.88 Å². The lowest BCUT2D eigenvalue weighted by atomic mass is 10.0. The van der Waals surface area contributed by atoms with Crippen LogP contribution in [0.15, 0.2) is 24.3 Å². The molecule has 1 heterocycles. The maximum Gasteiger partial charge on any atom is 0.123 e. The van der Waals surface area contributed by atoms with Crippen LogP contribution >= 0.6 is 0 Å². The van der Waals surface area contributed by atoms with E-state index in [2.05, 4.69) is 14.1 Å². The molecule has 0 spiro atoms. The quantitative estimate of drug-likeness (QED) is 0.704. The number of halogens is 1. The summed E-state index contributed by atoms with van der Waals surface area (Å²) in [7, 11) is 4.49. The summed E-state index contributed by atoms with van der Waals surface area (Å²) >= 11 is 0. The second-order valence-corrected chi connectivity index (χ2v) is 5.38. The molecule has 2 rings (SSSR count). The molecule has 0 amide bonds. The van der Waals surface area contributed by atoms with Crippen molar-refractivity contribution in [3.63, 3.8) is 0 Å². The van der Waals surface area contributed by atoms with Gasteiger partial charge in [-0.2, -0.15) is 0 Å². The molecule has 1 saturated heterocycles. The smallest absolute Gasteiger partial charge is 0.123 e. The summed E-state index contributed by atoms with van der Waals surface area (Å²) in [4.78, 5) is 3.16. The van der Waals surface area contributed by atoms with E-state index in [-0.39, 0.29) is 5.82 Å². The minimum atomic E-state index is -0.122. The van der Waals surface area contributed by atoms with Crippen LogP contribution in [0.4, 0.5) is 4.39 Å². The third kappa shape index (κ3) is 3.51. The van der Waals surface area contributed by atoms with Crippen molar-refractivity contribution < 1.29 is 14.2 Å². The molecule has 17 heavy (non-hydrogen) atoms. The molecular weight excluding hydrogens is 215 g/mol. The van der Waals surface area contributed by atoms with Crippen molar-refractivity contribution in [3.8, 4) is 0 Å². The fraction of sp³-hybridized carbons (Fsp3) is 0.571. The zero-order chi connectivity index (χ0) is 12.3. The highest BCUT2D eigenvalue weighted by atomic mass is 19.1. The Hall–Kier alpha value is -0.930. The van der Waals surface area contributed by atoms with E-state index in [9.17, 15) is 4.39 Å². The van der Waals surface area contributed by atoms with Crippen molar-refractivity contribution >= 4 is 0 Å². The van der Waals surface area contributed by atoms with E-state index < -0.39 is 0 Å². The van der Waals surface area contributed by atoms with E-state index in [0.29, 0.717) is 0 Å². The molecule has 1 aromatic carbocycles. The van der Waals surface area contributed by atoms with Crippen molar-refractivity contribution in [2.75, 3.05) is 27.2 Å². The summed E-state index contributed by atoms with van der Waals surface area (Å²) in [5, 5.41) is 0. The third-order valence-corrected chi connectivity index (χ3v) is 3.91. The Morgan fingerprint density at radius 3 is 2.71 bits per heavy atom. The average Bonchev–Trinajstić information content (AvgIpc) is 2.29. The Labute approximate surface area is 103 Å². The molecule has 3 heteroatoms. The largest absolute Gasteiger partial charge is 0.337 e. The number of likely N-dealkylation sites (tertiary alicyclic amines) is 1. The van der Waals surface area contributed by atoms with E-state index in [0.717, 1.165) is 18.2 Å². The van der Waals surface area contributed by atoms with Gasteiger partial charge in [0.25, 0.3) is 0 Å². The minimum absolute atomic E-state index is 0.122. The van der Waals surface area contributed by atoms with E-state index in [1.165, 1.54) is 36.9 Å². The van der Waals surface area contributed by atoms with Gasteiger partial charge in [0.1, 0.15) is 12.4 Å². The molecule has 1 aliphatic rings. The van der Waals surface area contributed by atoms with E-state index in [1.807, 2.05) is 6.07 Å². The fourth-order valence-electron chi connectivity index (χ4n) is 2.72. The molecule has 1 unspecified atom stereocenters. The number of hydrogen-bond acceptors (Lipinski definition) is 0. The molecule has 0 saturated carbocycles. The Bertz CT molecular complexity index is 359. The van der Waals surface area contributed by atoms with Crippen LogP contribution < -0.4 is 9.80 Å². The molecule has 2 nitrogen and oxygen atoms in total. The molecule has 1 fully saturated rings. The number of nitrogens with one attached hydrogen (secondary N) is 2. The lowest BCUT2D eigenvalue weighted by molar-refractivity contribution is -0.948. The highest BCUT2D eigenvalue weighted by Gasteiger charge is 2.25. The Morgan fingerprint density at radius 2 is 2.06 bits per heavy atom. The van der Waals surface area contributed by atoms with Gasteiger partial charge in [0.05, 0.1) is 33.2 Å².